The summed E-state index contributed by atoms with van der Waals surface area (Å²) in [5, 5.41) is 2.72. The van der Waals surface area contributed by atoms with E-state index in [1.165, 1.54) is 42.5 Å². The molecule has 0 aromatic heterocycles. The van der Waals surface area contributed by atoms with Crippen molar-refractivity contribution in [3.63, 3.8) is 0 Å². The van der Waals surface area contributed by atoms with Crippen LogP contribution in [0.2, 0.25) is 0 Å². The van der Waals surface area contributed by atoms with Crippen LogP contribution in [0.25, 0.3) is 0 Å². The summed E-state index contributed by atoms with van der Waals surface area (Å²) in [5.41, 5.74) is 1.16. The lowest BCUT2D eigenvalue weighted by Gasteiger charge is -2.33. The number of ether oxygens (including phenoxy) is 3. The maximum absolute atomic E-state index is 13.9. The van der Waals surface area contributed by atoms with Gasteiger partial charge in [0.15, 0.2) is 0 Å². The molecule has 2 amide bonds. The largest absolute Gasteiger partial charge is 0.423 e. The number of anilines is 1. The molecule has 10 nitrogen and oxygen atoms in total. The predicted molar refractivity (Wildman–Crippen MR) is 192 cm³/mol. The van der Waals surface area contributed by atoms with E-state index < -0.39 is 39.3 Å². The van der Waals surface area contributed by atoms with Gasteiger partial charge in [0.25, 0.3) is 21.8 Å². The van der Waals surface area contributed by atoms with Crippen molar-refractivity contribution in [2.45, 2.75) is 38.1 Å². The highest BCUT2D eigenvalue weighted by Crippen LogP contribution is 2.29. The topological polar surface area (TPSA) is 137 Å². The summed E-state index contributed by atoms with van der Waals surface area (Å²) < 4.78 is 46.8. The third-order valence-corrected chi connectivity index (χ3v) is 9.16. The van der Waals surface area contributed by atoms with Crippen molar-refractivity contribution in [1.29, 1.82) is 0 Å². The lowest BCUT2D eigenvalue weighted by Crippen LogP contribution is -2.45. The Labute approximate surface area is 297 Å². The van der Waals surface area contributed by atoms with Gasteiger partial charge in [-0.1, -0.05) is 111 Å². The van der Waals surface area contributed by atoms with Gasteiger partial charge in [-0.3, -0.25) is 9.59 Å². The van der Waals surface area contributed by atoms with E-state index in [4.69, 9.17) is 14.2 Å². The van der Waals surface area contributed by atoms with Gasteiger partial charge in [0.2, 0.25) is 0 Å². The molecule has 5 aromatic rings. The minimum Gasteiger partial charge on any atom is -0.423 e. The van der Waals surface area contributed by atoms with Crippen LogP contribution in [0.3, 0.4) is 0 Å². The molecule has 0 aliphatic rings. The standard InChI is InChI=1S/C40H38N2O8S/c1-40(2,28-48-26-29-15-6-3-7-16-29)36(49-27-30-17-8-4-9-18-30)38(44)41-34-23-12-13-24-35(34)51(46,47)42-37(43)32-21-14-22-33(25-32)50-39(45)31-19-10-5-11-20-31/h3-25,36H,26-28H2,1-2H3,(H,41,44)(H,42,43). The number of para-hydroxylation sites is 1. The second-order valence-electron chi connectivity index (χ2n) is 12.3. The number of benzene rings is 5. The smallest absolute Gasteiger partial charge is 0.343 e. The van der Waals surface area contributed by atoms with Crippen molar-refractivity contribution in [2.24, 2.45) is 5.41 Å². The Morgan fingerprint density at radius 3 is 1.92 bits per heavy atom. The molecular formula is C40H38N2O8S. The molecule has 0 spiro atoms. The van der Waals surface area contributed by atoms with Gasteiger partial charge < -0.3 is 19.5 Å². The lowest BCUT2D eigenvalue weighted by atomic mass is 9.86. The molecule has 0 radical (unpaired) electrons. The predicted octanol–water partition coefficient (Wildman–Crippen LogP) is 6.79. The summed E-state index contributed by atoms with van der Waals surface area (Å²) in [6, 6.07) is 38.6. The summed E-state index contributed by atoms with van der Waals surface area (Å²) in [6.45, 7) is 4.28. The summed E-state index contributed by atoms with van der Waals surface area (Å²) in [5.74, 6) is -2.14. The zero-order valence-electron chi connectivity index (χ0n) is 28.2. The number of hydrogen-bond donors (Lipinski definition) is 2. The normalized spacial score (nSPS) is 12.0. The third-order valence-electron chi connectivity index (χ3n) is 7.77. The minimum absolute atomic E-state index is 0.0531. The summed E-state index contributed by atoms with van der Waals surface area (Å²) >= 11 is 0. The van der Waals surface area contributed by atoms with E-state index in [0.717, 1.165) is 11.1 Å². The fourth-order valence-electron chi connectivity index (χ4n) is 5.17. The van der Waals surface area contributed by atoms with E-state index in [-0.39, 0.29) is 35.1 Å². The minimum atomic E-state index is -4.51. The van der Waals surface area contributed by atoms with Gasteiger partial charge in [-0.2, -0.15) is 0 Å². The van der Waals surface area contributed by atoms with E-state index in [1.54, 1.807) is 36.4 Å². The Bertz CT molecular complexity index is 2050. The van der Waals surface area contributed by atoms with E-state index in [2.05, 4.69) is 10.0 Å². The highest BCUT2D eigenvalue weighted by Gasteiger charge is 2.37. The highest BCUT2D eigenvalue weighted by atomic mass is 32.2. The van der Waals surface area contributed by atoms with Crippen LogP contribution in [-0.2, 0) is 37.5 Å². The SMILES string of the molecule is CC(C)(COCc1ccccc1)C(OCc1ccccc1)C(=O)Nc1ccccc1S(=O)(=O)NC(=O)c1cccc(OC(=O)c2ccccc2)c1. The molecule has 5 aromatic carbocycles. The van der Waals surface area contributed by atoms with Crippen molar-refractivity contribution in [3.05, 3.63) is 162 Å². The highest BCUT2D eigenvalue weighted by molar-refractivity contribution is 7.90. The quantitative estimate of drug-likeness (QED) is 0.0897. The number of carbonyl (C=O) groups excluding carboxylic acids is 3. The summed E-state index contributed by atoms with van der Waals surface area (Å²) in [6.07, 6.45) is -1.07. The van der Waals surface area contributed by atoms with Crippen LogP contribution in [0.15, 0.2) is 144 Å². The van der Waals surface area contributed by atoms with Crippen LogP contribution in [0, 0.1) is 5.41 Å². The molecule has 0 saturated heterocycles. The Morgan fingerprint density at radius 1 is 0.686 bits per heavy atom. The first-order valence-corrected chi connectivity index (χ1v) is 17.6. The number of amides is 2. The monoisotopic (exact) mass is 706 g/mol. The van der Waals surface area contributed by atoms with Crippen molar-refractivity contribution >= 4 is 33.5 Å². The molecule has 0 bridgehead atoms. The first-order chi connectivity index (χ1) is 24.5. The Balaban J connectivity index is 1.31. The first kappa shape index (κ1) is 36.7. The van der Waals surface area contributed by atoms with Crippen LogP contribution in [-0.4, -0.2) is 38.9 Å². The number of esters is 1. The van der Waals surface area contributed by atoms with Gasteiger partial charge in [-0.15, -0.1) is 0 Å². The van der Waals surface area contributed by atoms with Crippen molar-refractivity contribution in [3.8, 4) is 5.75 Å². The maximum Gasteiger partial charge on any atom is 0.343 e. The number of rotatable bonds is 15. The van der Waals surface area contributed by atoms with Crippen LogP contribution in [0.4, 0.5) is 5.69 Å². The maximum atomic E-state index is 13.9. The zero-order valence-corrected chi connectivity index (χ0v) is 29.0. The molecule has 0 saturated carbocycles. The molecule has 0 heterocycles. The molecule has 5 rings (SSSR count). The molecular weight excluding hydrogens is 669 g/mol. The van der Waals surface area contributed by atoms with E-state index in [9.17, 15) is 22.8 Å². The zero-order chi connectivity index (χ0) is 36.3. The fourth-order valence-corrected chi connectivity index (χ4v) is 6.31. The van der Waals surface area contributed by atoms with Crippen molar-refractivity contribution < 1.29 is 37.0 Å². The second-order valence-corrected chi connectivity index (χ2v) is 14.0. The Morgan fingerprint density at radius 2 is 1.25 bits per heavy atom. The van der Waals surface area contributed by atoms with Gasteiger partial charge in [-0.25, -0.2) is 17.9 Å². The number of carbonyl (C=O) groups is 3. The molecule has 11 heteroatoms. The Kier molecular flexibility index (Phi) is 12.1. The van der Waals surface area contributed by atoms with Crippen LogP contribution in [0.1, 0.15) is 45.7 Å². The average Bonchev–Trinajstić information content (AvgIpc) is 3.13. The third kappa shape index (κ3) is 10.2. The van der Waals surface area contributed by atoms with Gasteiger partial charge >= 0.3 is 5.97 Å². The molecule has 2 N–H and O–H groups in total. The van der Waals surface area contributed by atoms with E-state index in [1.807, 2.05) is 74.5 Å². The number of nitrogens with one attached hydrogen (secondary N) is 2. The second kappa shape index (κ2) is 16.9. The van der Waals surface area contributed by atoms with Crippen LogP contribution < -0.4 is 14.8 Å². The lowest BCUT2D eigenvalue weighted by molar-refractivity contribution is -0.141. The Hall–Kier alpha value is -5.62. The van der Waals surface area contributed by atoms with Gasteiger partial charge in [0, 0.05) is 11.0 Å². The molecule has 0 aliphatic carbocycles. The number of hydrogen-bond acceptors (Lipinski definition) is 8. The molecule has 0 aliphatic heterocycles. The fraction of sp³-hybridized carbons (Fsp3) is 0.175. The van der Waals surface area contributed by atoms with E-state index >= 15 is 0 Å². The van der Waals surface area contributed by atoms with Gasteiger partial charge in [0.1, 0.15) is 16.7 Å². The van der Waals surface area contributed by atoms with E-state index in [0.29, 0.717) is 12.2 Å². The average molecular weight is 707 g/mol. The molecule has 0 fully saturated rings. The van der Waals surface area contributed by atoms with Crippen molar-refractivity contribution in [2.75, 3.05) is 11.9 Å². The van der Waals surface area contributed by atoms with Crippen LogP contribution in [0.5, 0.6) is 5.75 Å². The summed E-state index contributed by atoms with van der Waals surface area (Å²) in [7, 11) is -4.51. The molecule has 1 unspecified atom stereocenters. The van der Waals surface area contributed by atoms with Gasteiger partial charge in [-0.05, 0) is 53.6 Å². The first-order valence-electron chi connectivity index (χ1n) is 16.1. The molecule has 1 atom stereocenters. The molecule has 51 heavy (non-hydrogen) atoms. The number of sulfonamides is 1. The molecule has 262 valence electrons. The van der Waals surface area contributed by atoms with Gasteiger partial charge in [0.05, 0.1) is 31.1 Å². The van der Waals surface area contributed by atoms with Crippen LogP contribution >= 0.6 is 0 Å². The summed E-state index contributed by atoms with van der Waals surface area (Å²) in [4.78, 5) is 39.3. The van der Waals surface area contributed by atoms with Crippen molar-refractivity contribution in [1.82, 2.24) is 4.72 Å².